The number of ether oxygens (including phenoxy) is 2. The highest BCUT2D eigenvalue weighted by atomic mass is 16.5. The summed E-state index contributed by atoms with van der Waals surface area (Å²) in [5.41, 5.74) is 2.34. The Morgan fingerprint density at radius 1 is 1.29 bits per heavy atom. The van der Waals surface area contributed by atoms with Crippen molar-refractivity contribution in [2.24, 2.45) is 5.18 Å². The molecule has 0 aliphatic heterocycles. The van der Waals surface area contributed by atoms with Crippen LogP contribution in [0.1, 0.15) is 0 Å². The Morgan fingerprint density at radius 3 is 2.07 bits per heavy atom. The van der Waals surface area contributed by atoms with Crippen LogP contribution < -0.4 is 15.0 Å². The molecule has 2 N–H and O–H groups in total. The molecule has 1 rings (SSSR count). The Balaban J connectivity index is 3.31. The summed E-state index contributed by atoms with van der Waals surface area (Å²) in [6, 6.07) is 2.86. The van der Waals surface area contributed by atoms with Crippen LogP contribution >= 0.6 is 0 Å². The van der Waals surface area contributed by atoms with Gasteiger partial charge in [-0.2, -0.15) is 0 Å². The van der Waals surface area contributed by atoms with Gasteiger partial charge in [0.1, 0.15) is 0 Å². The summed E-state index contributed by atoms with van der Waals surface area (Å²) in [5, 5.41) is 11.4. The maximum Gasteiger partial charge on any atom is 0.191 e. The van der Waals surface area contributed by atoms with Gasteiger partial charge in [0, 0.05) is 12.1 Å². The molecule has 0 radical (unpaired) electrons. The van der Waals surface area contributed by atoms with Crippen molar-refractivity contribution in [3.05, 3.63) is 17.0 Å². The van der Waals surface area contributed by atoms with Gasteiger partial charge in [0.05, 0.1) is 19.9 Å². The fourth-order valence-corrected chi connectivity index (χ4v) is 1.05. The molecule has 0 unspecified atom stereocenters. The lowest BCUT2D eigenvalue weighted by Gasteiger charge is -2.09. The van der Waals surface area contributed by atoms with E-state index < -0.39 is 0 Å². The van der Waals surface area contributed by atoms with Crippen LogP contribution in [0.3, 0.4) is 0 Å². The molecule has 0 spiro atoms. The molecule has 0 amide bonds. The fourth-order valence-electron chi connectivity index (χ4n) is 1.05. The minimum Gasteiger partial charge on any atom is -0.494 e. The number of nitroso groups, excluding NO2 is 1. The zero-order chi connectivity index (χ0) is 10.6. The normalized spacial score (nSPS) is 9.36. The molecule has 0 atom stereocenters. The molecule has 0 bridgehead atoms. The first-order chi connectivity index (χ1) is 6.76. The average molecular weight is 198 g/mol. The second kappa shape index (κ2) is 4.43. The highest BCUT2D eigenvalue weighted by molar-refractivity contribution is 5.68. The van der Waals surface area contributed by atoms with Gasteiger partial charge in [0.15, 0.2) is 17.2 Å². The average Bonchev–Trinajstić information content (AvgIpc) is 2.26. The first kappa shape index (κ1) is 10.3. The summed E-state index contributed by atoms with van der Waals surface area (Å²) in [6.45, 7) is 0. The van der Waals surface area contributed by atoms with Crippen LogP contribution in [0.4, 0.5) is 11.4 Å². The number of anilines is 1. The molecule has 0 saturated heterocycles. The molecule has 0 saturated carbocycles. The van der Waals surface area contributed by atoms with Crippen molar-refractivity contribution in [1.29, 1.82) is 0 Å². The van der Waals surface area contributed by atoms with Gasteiger partial charge in [0.25, 0.3) is 0 Å². The first-order valence-corrected chi connectivity index (χ1v) is 3.76. The molecule has 0 aliphatic rings. The number of methoxy groups -OCH3 is 2. The second-order valence-electron chi connectivity index (χ2n) is 2.43. The van der Waals surface area contributed by atoms with Crippen LogP contribution in [0.2, 0.25) is 0 Å². The standard InChI is InChI=1S/C8H10N2O4/c1-13-6-3-5(9-11)4-7(14-2)8(6)10-12/h3-4,9,11H,1-2H3. The van der Waals surface area contributed by atoms with E-state index in [1.54, 1.807) is 0 Å². The molecule has 0 aliphatic carbocycles. The SMILES string of the molecule is COc1cc(NO)cc(OC)c1N=O. The number of nitrogens with zero attached hydrogens (tertiary/aromatic N) is 1. The largest absolute Gasteiger partial charge is 0.494 e. The van der Waals surface area contributed by atoms with Crippen molar-refractivity contribution >= 4 is 11.4 Å². The molecule has 0 fully saturated rings. The summed E-state index contributed by atoms with van der Waals surface area (Å²) in [7, 11) is 2.79. The lowest BCUT2D eigenvalue weighted by atomic mass is 10.2. The smallest absolute Gasteiger partial charge is 0.191 e. The summed E-state index contributed by atoms with van der Waals surface area (Å²) in [6.07, 6.45) is 0. The molecule has 76 valence electrons. The van der Waals surface area contributed by atoms with Crippen LogP contribution in [0.5, 0.6) is 11.5 Å². The van der Waals surface area contributed by atoms with E-state index in [1.165, 1.54) is 26.4 Å². The highest BCUT2D eigenvalue weighted by Crippen LogP contribution is 2.39. The van der Waals surface area contributed by atoms with Crippen molar-refractivity contribution in [3.63, 3.8) is 0 Å². The molecule has 0 aromatic heterocycles. The number of nitrogens with one attached hydrogen (secondary N) is 1. The zero-order valence-corrected chi connectivity index (χ0v) is 7.77. The number of hydrogen-bond donors (Lipinski definition) is 2. The summed E-state index contributed by atoms with van der Waals surface area (Å²) in [4.78, 5) is 10.5. The quantitative estimate of drug-likeness (QED) is 0.570. The van der Waals surface area contributed by atoms with Gasteiger partial charge in [-0.25, -0.2) is 0 Å². The highest BCUT2D eigenvalue weighted by Gasteiger charge is 2.12. The molecule has 1 aromatic rings. The minimum atomic E-state index is 0.0639. The predicted molar refractivity (Wildman–Crippen MR) is 50.4 cm³/mol. The van der Waals surface area contributed by atoms with Gasteiger partial charge in [-0.15, -0.1) is 4.91 Å². The zero-order valence-electron chi connectivity index (χ0n) is 7.77. The maximum absolute atomic E-state index is 10.5. The number of hydrogen-bond acceptors (Lipinski definition) is 6. The van der Waals surface area contributed by atoms with Gasteiger partial charge in [-0.3, -0.25) is 10.7 Å². The molecular formula is C8H10N2O4. The molecule has 0 heterocycles. The Labute approximate surface area is 80.4 Å². The Hall–Kier alpha value is -1.82. The Kier molecular flexibility index (Phi) is 3.24. The number of rotatable bonds is 4. The van der Waals surface area contributed by atoms with E-state index in [-0.39, 0.29) is 17.2 Å². The van der Waals surface area contributed by atoms with Crippen LogP contribution in [0, 0.1) is 4.91 Å². The third kappa shape index (κ3) is 1.74. The van der Waals surface area contributed by atoms with Gasteiger partial charge in [0.2, 0.25) is 0 Å². The Bertz CT molecular complexity index is 315. The van der Waals surface area contributed by atoms with Crippen molar-refractivity contribution < 1.29 is 14.7 Å². The van der Waals surface area contributed by atoms with Crippen molar-refractivity contribution in [3.8, 4) is 11.5 Å². The van der Waals surface area contributed by atoms with E-state index in [4.69, 9.17) is 14.7 Å². The van der Waals surface area contributed by atoms with E-state index in [0.717, 1.165) is 0 Å². The van der Waals surface area contributed by atoms with Crippen molar-refractivity contribution in [2.75, 3.05) is 19.7 Å². The van der Waals surface area contributed by atoms with Crippen LogP contribution in [0.25, 0.3) is 0 Å². The fraction of sp³-hybridized carbons (Fsp3) is 0.250. The predicted octanol–water partition coefficient (Wildman–Crippen LogP) is 1.90. The lowest BCUT2D eigenvalue weighted by molar-refractivity contribution is 0.380. The third-order valence-electron chi connectivity index (χ3n) is 1.70. The maximum atomic E-state index is 10.5. The van der Waals surface area contributed by atoms with E-state index in [9.17, 15) is 4.91 Å². The Morgan fingerprint density at radius 2 is 1.79 bits per heavy atom. The van der Waals surface area contributed by atoms with Gasteiger partial charge in [-0.05, 0) is 5.18 Å². The monoisotopic (exact) mass is 198 g/mol. The summed E-state index contributed by atoms with van der Waals surface area (Å²) in [5.74, 6) is 0.465. The molecular weight excluding hydrogens is 188 g/mol. The van der Waals surface area contributed by atoms with E-state index >= 15 is 0 Å². The molecule has 6 nitrogen and oxygen atoms in total. The van der Waals surface area contributed by atoms with E-state index in [2.05, 4.69) is 5.18 Å². The minimum absolute atomic E-state index is 0.0639. The van der Waals surface area contributed by atoms with E-state index in [0.29, 0.717) is 5.69 Å². The van der Waals surface area contributed by atoms with Crippen LogP contribution in [-0.2, 0) is 0 Å². The second-order valence-corrected chi connectivity index (χ2v) is 2.43. The van der Waals surface area contributed by atoms with Crippen LogP contribution in [-0.4, -0.2) is 19.4 Å². The van der Waals surface area contributed by atoms with Crippen molar-refractivity contribution in [1.82, 2.24) is 0 Å². The van der Waals surface area contributed by atoms with Crippen molar-refractivity contribution in [2.45, 2.75) is 0 Å². The van der Waals surface area contributed by atoms with Gasteiger partial charge in [-0.1, -0.05) is 0 Å². The lowest BCUT2D eigenvalue weighted by Crippen LogP contribution is -1.94. The van der Waals surface area contributed by atoms with Gasteiger partial charge < -0.3 is 9.47 Å². The molecule has 6 heteroatoms. The summed E-state index contributed by atoms with van der Waals surface area (Å²) < 4.78 is 9.79. The van der Waals surface area contributed by atoms with E-state index in [1.807, 2.05) is 5.48 Å². The van der Waals surface area contributed by atoms with Gasteiger partial charge >= 0.3 is 0 Å². The summed E-state index contributed by atoms with van der Waals surface area (Å²) >= 11 is 0. The molecule has 1 aromatic carbocycles. The third-order valence-corrected chi connectivity index (χ3v) is 1.70. The topological polar surface area (TPSA) is 80.2 Å². The van der Waals surface area contributed by atoms with Crippen LogP contribution in [0.15, 0.2) is 17.3 Å². The molecule has 14 heavy (non-hydrogen) atoms. The first-order valence-electron chi connectivity index (χ1n) is 3.76. The number of benzene rings is 1.